The van der Waals surface area contributed by atoms with Crippen molar-refractivity contribution in [3.63, 3.8) is 0 Å². The molecule has 9 heteroatoms. The van der Waals surface area contributed by atoms with E-state index in [1.807, 2.05) is 0 Å². The van der Waals surface area contributed by atoms with Crippen molar-refractivity contribution in [1.29, 1.82) is 0 Å². The molecule has 0 spiro atoms. The van der Waals surface area contributed by atoms with Crippen LogP contribution in [0, 0.1) is 0 Å². The number of hydrogen-bond donors (Lipinski definition) is 4. The zero-order valence-electron chi connectivity index (χ0n) is 8.31. The summed E-state index contributed by atoms with van der Waals surface area (Å²) in [4.78, 5) is 16.7. The van der Waals surface area contributed by atoms with Crippen molar-refractivity contribution in [2.24, 2.45) is 0 Å². The Labute approximate surface area is 86.6 Å². The van der Waals surface area contributed by atoms with Crippen molar-refractivity contribution in [3.8, 4) is 0 Å². The highest BCUT2D eigenvalue weighted by molar-refractivity contribution is 7.46. The monoisotopic (exact) mass is 246 g/mol. The minimum Gasteiger partial charge on any atom is -0.388 e. The van der Waals surface area contributed by atoms with Crippen LogP contribution in [0.4, 0.5) is 0 Å². The maximum absolute atomic E-state index is 10.3. The molecule has 4 N–H and O–H groups in total. The summed E-state index contributed by atoms with van der Waals surface area (Å²) in [7, 11) is -2.17. The van der Waals surface area contributed by atoms with Gasteiger partial charge in [-0.05, 0) is 0 Å². The molecular formula is C6H15O8P. The minimum absolute atomic E-state index is 0.728. The molecular weight excluding hydrogens is 231 g/mol. The lowest BCUT2D eigenvalue weighted by Crippen LogP contribution is -2.41. The second-order valence-corrected chi connectivity index (χ2v) is 3.92. The molecule has 0 aromatic heterocycles. The van der Waals surface area contributed by atoms with E-state index < -0.39 is 32.9 Å². The van der Waals surface area contributed by atoms with Gasteiger partial charge in [-0.2, -0.15) is 0 Å². The molecule has 0 radical (unpaired) electrons. The zero-order valence-corrected chi connectivity index (χ0v) is 9.20. The van der Waals surface area contributed by atoms with E-state index in [4.69, 9.17) is 9.79 Å². The topological polar surface area (TPSA) is 126 Å². The largest absolute Gasteiger partial charge is 0.469 e. The molecule has 0 heterocycles. The van der Waals surface area contributed by atoms with Crippen molar-refractivity contribution in [2.45, 2.75) is 18.5 Å². The second kappa shape index (κ2) is 6.51. The summed E-state index contributed by atoms with van der Waals surface area (Å²) >= 11 is 0. The van der Waals surface area contributed by atoms with Gasteiger partial charge >= 0.3 is 7.82 Å². The molecule has 0 aromatic carbocycles. The van der Waals surface area contributed by atoms with Crippen LogP contribution in [-0.2, 0) is 18.6 Å². The highest BCUT2D eigenvalue weighted by Gasteiger charge is 2.28. The summed E-state index contributed by atoms with van der Waals surface area (Å²) in [5.74, 6) is 0. The molecule has 2 atom stereocenters. The molecule has 8 nitrogen and oxygen atoms in total. The molecule has 0 aliphatic rings. The fraction of sp³-hybridized carbons (Fsp3) is 1.00. The Bertz CT molecular complexity index is 211. The third-order valence-electron chi connectivity index (χ3n) is 1.55. The van der Waals surface area contributed by atoms with Gasteiger partial charge in [0.25, 0.3) is 0 Å². The van der Waals surface area contributed by atoms with Gasteiger partial charge in [-0.15, -0.1) is 0 Å². The summed E-state index contributed by atoms with van der Waals surface area (Å²) in [5, 5.41) is 18.6. The molecule has 0 aromatic rings. The van der Waals surface area contributed by atoms with E-state index in [0.29, 0.717) is 0 Å². The van der Waals surface area contributed by atoms with E-state index in [9.17, 15) is 14.8 Å². The van der Waals surface area contributed by atoms with Gasteiger partial charge in [0.15, 0.2) is 6.29 Å². The van der Waals surface area contributed by atoms with E-state index in [-0.39, 0.29) is 0 Å². The lowest BCUT2D eigenvalue weighted by Gasteiger charge is -2.24. The lowest BCUT2D eigenvalue weighted by molar-refractivity contribution is -0.194. The van der Waals surface area contributed by atoms with Crippen LogP contribution in [0.3, 0.4) is 0 Å². The van der Waals surface area contributed by atoms with Crippen molar-refractivity contribution in [3.05, 3.63) is 0 Å². The molecule has 0 aliphatic carbocycles. The van der Waals surface area contributed by atoms with Crippen LogP contribution in [0.1, 0.15) is 0 Å². The zero-order chi connectivity index (χ0) is 12.1. The Morgan fingerprint density at radius 3 is 2.00 bits per heavy atom. The molecule has 15 heavy (non-hydrogen) atoms. The van der Waals surface area contributed by atoms with Crippen LogP contribution >= 0.6 is 7.82 Å². The molecule has 0 saturated carbocycles. The summed E-state index contributed by atoms with van der Waals surface area (Å²) in [6.45, 7) is -0.728. The fourth-order valence-corrected chi connectivity index (χ4v) is 1.18. The predicted molar refractivity (Wildman–Crippen MR) is 47.8 cm³/mol. The van der Waals surface area contributed by atoms with Gasteiger partial charge in [0.2, 0.25) is 0 Å². The first-order valence-corrected chi connectivity index (χ1v) is 5.46. The van der Waals surface area contributed by atoms with Crippen LogP contribution < -0.4 is 0 Å². The van der Waals surface area contributed by atoms with Crippen LogP contribution in [0.2, 0.25) is 0 Å². The minimum atomic E-state index is -4.66. The SMILES string of the molecule is COC(OC)[C@H](O)[C@H](O)COP(=O)(O)O. The standard InChI is InChI=1S/C6H15O8P/c1-12-6(13-2)5(8)4(7)3-14-15(9,10)11/h4-8H,3H2,1-2H3,(H2,9,10,11)/t4-,5-/m1/s1. The maximum Gasteiger partial charge on any atom is 0.469 e. The van der Waals surface area contributed by atoms with Gasteiger partial charge in [0.1, 0.15) is 12.2 Å². The smallest absolute Gasteiger partial charge is 0.388 e. The summed E-state index contributed by atoms with van der Waals surface area (Å²) in [6.07, 6.45) is -4.09. The van der Waals surface area contributed by atoms with Crippen LogP contribution in [0.5, 0.6) is 0 Å². The van der Waals surface area contributed by atoms with Crippen LogP contribution in [-0.4, -0.2) is 59.3 Å². The molecule has 0 unspecified atom stereocenters. The molecule has 0 saturated heterocycles. The van der Waals surface area contributed by atoms with E-state index >= 15 is 0 Å². The highest BCUT2D eigenvalue weighted by Crippen LogP contribution is 2.35. The first kappa shape index (κ1) is 14.9. The fourth-order valence-electron chi connectivity index (χ4n) is 0.829. The maximum atomic E-state index is 10.3. The summed E-state index contributed by atoms with van der Waals surface area (Å²) in [6, 6.07) is 0. The number of ether oxygens (including phenoxy) is 2. The summed E-state index contributed by atoms with van der Waals surface area (Å²) < 4.78 is 23.5. The Morgan fingerprint density at radius 1 is 1.20 bits per heavy atom. The number of rotatable bonds is 7. The van der Waals surface area contributed by atoms with Crippen molar-refractivity contribution >= 4 is 7.82 Å². The average molecular weight is 246 g/mol. The van der Waals surface area contributed by atoms with E-state index in [1.54, 1.807) is 0 Å². The first-order valence-electron chi connectivity index (χ1n) is 3.93. The predicted octanol–water partition coefficient (Wildman–Crippen LogP) is -1.56. The van der Waals surface area contributed by atoms with Gasteiger partial charge < -0.3 is 29.5 Å². The van der Waals surface area contributed by atoms with Gasteiger partial charge in [-0.25, -0.2) is 4.57 Å². The molecule has 0 bridgehead atoms. The quantitative estimate of drug-likeness (QED) is 0.314. The molecule has 0 aliphatic heterocycles. The molecule has 0 amide bonds. The number of aliphatic hydroxyl groups excluding tert-OH is 2. The number of phosphoric ester groups is 1. The third kappa shape index (κ3) is 6.18. The van der Waals surface area contributed by atoms with E-state index in [0.717, 1.165) is 0 Å². The van der Waals surface area contributed by atoms with Crippen molar-refractivity contribution < 1.29 is 38.6 Å². The molecule has 92 valence electrons. The lowest BCUT2D eigenvalue weighted by atomic mass is 10.2. The number of methoxy groups -OCH3 is 2. The number of aliphatic hydroxyl groups is 2. The summed E-state index contributed by atoms with van der Waals surface area (Å²) in [5.41, 5.74) is 0. The third-order valence-corrected chi connectivity index (χ3v) is 2.04. The van der Waals surface area contributed by atoms with E-state index in [1.165, 1.54) is 14.2 Å². The molecule has 0 rings (SSSR count). The molecule has 0 fully saturated rings. The average Bonchev–Trinajstić information content (AvgIpc) is 2.14. The Kier molecular flexibility index (Phi) is 6.49. The Hall–Kier alpha value is -0.0500. The Morgan fingerprint density at radius 2 is 1.67 bits per heavy atom. The first-order chi connectivity index (χ1) is 6.81. The second-order valence-electron chi connectivity index (χ2n) is 2.68. The number of hydrogen-bond acceptors (Lipinski definition) is 6. The van der Waals surface area contributed by atoms with Gasteiger partial charge in [0, 0.05) is 14.2 Å². The van der Waals surface area contributed by atoms with Crippen LogP contribution in [0.25, 0.3) is 0 Å². The van der Waals surface area contributed by atoms with Crippen molar-refractivity contribution in [2.75, 3.05) is 20.8 Å². The Balaban J connectivity index is 4.08. The number of phosphoric acid groups is 1. The van der Waals surface area contributed by atoms with Crippen molar-refractivity contribution in [1.82, 2.24) is 0 Å². The van der Waals surface area contributed by atoms with E-state index in [2.05, 4.69) is 14.0 Å². The highest BCUT2D eigenvalue weighted by atomic mass is 31.2. The van der Waals surface area contributed by atoms with Gasteiger partial charge in [-0.3, -0.25) is 4.52 Å². The van der Waals surface area contributed by atoms with Gasteiger partial charge in [-0.1, -0.05) is 0 Å². The van der Waals surface area contributed by atoms with Gasteiger partial charge in [0.05, 0.1) is 6.61 Å². The normalized spacial score (nSPS) is 16.7. The van der Waals surface area contributed by atoms with Crippen LogP contribution in [0.15, 0.2) is 0 Å².